The number of likely N-dealkylation sites (tertiary alicyclic amines) is 1. The first-order valence-corrected chi connectivity index (χ1v) is 10.0. The van der Waals surface area contributed by atoms with Gasteiger partial charge >= 0.3 is 0 Å². The van der Waals surface area contributed by atoms with Crippen LogP contribution in [0.1, 0.15) is 29.9 Å². The SMILES string of the molecule is Fc1ccc2occ(CCN3CCC(c4cccc5c4OCCO5)CC3)c2c1. The Hall–Kier alpha value is -2.53. The second-order valence-corrected chi connectivity index (χ2v) is 7.64. The highest BCUT2D eigenvalue weighted by atomic mass is 19.1. The molecule has 0 unspecified atom stereocenters. The lowest BCUT2D eigenvalue weighted by Gasteiger charge is -2.33. The minimum absolute atomic E-state index is 0.214. The van der Waals surface area contributed by atoms with Gasteiger partial charge in [-0.3, -0.25) is 0 Å². The lowest BCUT2D eigenvalue weighted by molar-refractivity contribution is 0.165. The summed E-state index contributed by atoms with van der Waals surface area (Å²) in [6.45, 7) is 4.33. The standard InChI is InChI=1S/C23H24FNO3/c24-18-4-5-21-20(14-18)17(15-28-21)8-11-25-9-6-16(7-10-25)19-2-1-3-22-23(19)27-13-12-26-22/h1-5,14-16H,6-13H2. The Morgan fingerprint density at radius 3 is 2.79 bits per heavy atom. The summed E-state index contributed by atoms with van der Waals surface area (Å²) in [5.41, 5.74) is 3.12. The highest BCUT2D eigenvalue weighted by molar-refractivity contribution is 5.81. The molecule has 1 fully saturated rings. The Morgan fingerprint density at radius 1 is 1.04 bits per heavy atom. The summed E-state index contributed by atoms with van der Waals surface area (Å²) in [5.74, 6) is 2.12. The first kappa shape index (κ1) is 17.6. The minimum atomic E-state index is -0.214. The average Bonchev–Trinajstić information content (AvgIpc) is 3.14. The number of nitrogens with zero attached hydrogens (tertiary/aromatic N) is 1. The number of benzene rings is 2. The molecule has 5 rings (SSSR count). The van der Waals surface area contributed by atoms with Crippen molar-refractivity contribution in [3.63, 3.8) is 0 Å². The van der Waals surface area contributed by atoms with Gasteiger partial charge in [-0.05, 0) is 68.1 Å². The van der Waals surface area contributed by atoms with Crippen LogP contribution in [-0.2, 0) is 6.42 Å². The van der Waals surface area contributed by atoms with Gasteiger partial charge in [-0.15, -0.1) is 0 Å². The normalized spacial score (nSPS) is 17.9. The van der Waals surface area contributed by atoms with Crippen LogP contribution in [0.2, 0.25) is 0 Å². The van der Waals surface area contributed by atoms with Crippen molar-refractivity contribution < 1.29 is 18.3 Å². The van der Waals surface area contributed by atoms with Crippen LogP contribution >= 0.6 is 0 Å². The smallest absolute Gasteiger partial charge is 0.164 e. The van der Waals surface area contributed by atoms with E-state index in [2.05, 4.69) is 17.0 Å². The molecule has 2 aliphatic heterocycles. The largest absolute Gasteiger partial charge is 0.486 e. The molecule has 5 heteroatoms. The molecule has 0 bridgehead atoms. The lowest BCUT2D eigenvalue weighted by Crippen LogP contribution is -2.34. The van der Waals surface area contributed by atoms with Gasteiger partial charge in [0.05, 0.1) is 6.26 Å². The molecule has 1 aromatic heterocycles. The molecule has 3 aromatic rings. The van der Waals surface area contributed by atoms with Crippen LogP contribution < -0.4 is 9.47 Å². The van der Waals surface area contributed by atoms with E-state index < -0.39 is 0 Å². The molecule has 3 heterocycles. The summed E-state index contributed by atoms with van der Waals surface area (Å²) in [7, 11) is 0. The molecule has 0 radical (unpaired) electrons. The molecule has 0 amide bonds. The maximum Gasteiger partial charge on any atom is 0.164 e. The van der Waals surface area contributed by atoms with Crippen molar-refractivity contribution in [2.24, 2.45) is 0 Å². The topological polar surface area (TPSA) is 34.8 Å². The Morgan fingerprint density at radius 2 is 1.89 bits per heavy atom. The predicted molar refractivity (Wildman–Crippen MR) is 106 cm³/mol. The van der Waals surface area contributed by atoms with Gasteiger partial charge in [0.1, 0.15) is 24.6 Å². The number of hydrogen-bond acceptors (Lipinski definition) is 4. The predicted octanol–water partition coefficient (Wildman–Crippen LogP) is 4.77. The molecule has 2 aromatic carbocycles. The lowest BCUT2D eigenvalue weighted by atomic mass is 9.88. The van der Waals surface area contributed by atoms with Gasteiger partial charge in [0.15, 0.2) is 11.5 Å². The minimum Gasteiger partial charge on any atom is -0.486 e. The average molecular weight is 381 g/mol. The Kier molecular flexibility index (Phi) is 4.69. The van der Waals surface area contributed by atoms with Gasteiger partial charge in [-0.1, -0.05) is 12.1 Å². The second-order valence-electron chi connectivity index (χ2n) is 7.64. The van der Waals surface area contributed by atoms with E-state index >= 15 is 0 Å². The van der Waals surface area contributed by atoms with Gasteiger partial charge < -0.3 is 18.8 Å². The van der Waals surface area contributed by atoms with Gasteiger partial charge in [-0.2, -0.15) is 0 Å². The van der Waals surface area contributed by atoms with E-state index in [0.29, 0.717) is 19.1 Å². The molecule has 2 aliphatic rings. The zero-order chi connectivity index (χ0) is 18.9. The van der Waals surface area contributed by atoms with Crippen LogP contribution in [0.5, 0.6) is 11.5 Å². The number of furan rings is 1. The van der Waals surface area contributed by atoms with E-state index in [-0.39, 0.29) is 5.82 Å². The van der Waals surface area contributed by atoms with E-state index in [1.54, 1.807) is 18.4 Å². The summed E-state index contributed by atoms with van der Waals surface area (Å²) in [6, 6.07) is 11.0. The monoisotopic (exact) mass is 381 g/mol. The quantitative estimate of drug-likeness (QED) is 0.652. The molecule has 0 N–H and O–H groups in total. The summed E-state index contributed by atoms with van der Waals surface area (Å²) < 4.78 is 30.7. The summed E-state index contributed by atoms with van der Waals surface area (Å²) in [6.07, 6.45) is 4.87. The zero-order valence-corrected chi connectivity index (χ0v) is 15.8. The van der Waals surface area contributed by atoms with E-state index in [9.17, 15) is 4.39 Å². The van der Waals surface area contributed by atoms with Crippen molar-refractivity contribution in [1.29, 1.82) is 0 Å². The molecule has 4 nitrogen and oxygen atoms in total. The second kappa shape index (κ2) is 7.47. The maximum atomic E-state index is 13.5. The summed E-state index contributed by atoms with van der Waals surface area (Å²) >= 11 is 0. The molecule has 0 atom stereocenters. The summed E-state index contributed by atoms with van der Waals surface area (Å²) in [4.78, 5) is 2.49. The number of halogens is 1. The van der Waals surface area contributed by atoms with Gasteiger partial charge in [-0.25, -0.2) is 4.39 Å². The Bertz CT molecular complexity index is 975. The highest BCUT2D eigenvalue weighted by Crippen LogP contribution is 2.41. The van der Waals surface area contributed by atoms with Gasteiger partial charge in [0, 0.05) is 17.5 Å². The molecule has 28 heavy (non-hydrogen) atoms. The molecule has 0 spiro atoms. The van der Waals surface area contributed by atoms with Gasteiger partial charge in [0.25, 0.3) is 0 Å². The van der Waals surface area contributed by atoms with Gasteiger partial charge in [0.2, 0.25) is 0 Å². The molecule has 0 saturated carbocycles. The van der Waals surface area contributed by atoms with Crippen molar-refractivity contribution in [3.8, 4) is 11.5 Å². The third-order valence-electron chi connectivity index (χ3n) is 5.94. The van der Waals surface area contributed by atoms with E-state index in [1.807, 2.05) is 6.07 Å². The summed E-state index contributed by atoms with van der Waals surface area (Å²) in [5, 5.41) is 0.892. The van der Waals surface area contributed by atoms with Crippen LogP contribution in [-0.4, -0.2) is 37.7 Å². The van der Waals surface area contributed by atoms with E-state index in [1.165, 1.54) is 11.6 Å². The molecule has 1 saturated heterocycles. The number of para-hydroxylation sites is 1. The first-order valence-electron chi connectivity index (χ1n) is 10.0. The first-order chi connectivity index (χ1) is 13.8. The van der Waals surface area contributed by atoms with Crippen LogP contribution in [0.4, 0.5) is 4.39 Å². The van der Waals surface area contributed by atoms with Crippen molar-refractivity contribution >= 4 is 11.0 Å². The fraction of sp³-hybridized carbons (Fsp3) is 0.391. The molecule has 146 valence electrons. The Labute approximate surface area is 163 Å². The number of piperidine rings is 1. The van der Waals surface area contributed by atoms with Crippen LogP contribution in [0.15, 0.2) is 47.1 Å². The van der Waals surface area contributed by atoms with Crippen molar-refractivity contribution in [2.75, 3.05) is 32.8 Å². The van der Waals surface area contributed by atoms with Crippen LogP contribution in [0.25, 0.3) is 11.0 Å². The fourth-order valence-electron chi connectivity index (χ4n) is 4.41. The number of hydrogen-bond donors (Lipinski definition) is 0. The van der Waals surface area contributed by atoms with Crippen LogP contribution in [0, 0.1) is 5.82 Å². The fourth-order valence-corrected chi connectivity index (χ4v) is 4.41. The molecular formula is C23H24FNO3. The van der Waals surface area contributed by atoms with E-state index in [4.69, 9.17) is 13.9 Å². The van der Waals surface area contributed by atoms with Crippen LogP contribution in [0.3, 0.4) is 0 Å². The number of ether oxygens (including phenoxy) is 2. The number of rotatable bonds is 4. The Balaban J connectivity index is 1.21. The third-order valence-corrected chi connectivity index (χ3v) is 5.94. The number of fused-ring (bicyclic) bond motifs is 2. The molecule has 0 aliphatic carbocycles. The molecular weight excluding hydrogens is 357 g/mol. The third kappa shape index (κ3) is 3.35. The van der Waals surface area contributed by atoms with Crippen molar-refractivity contribution in [1.82, 2.24) is 4.90 Å². The highest BCUT2D eigenvalue weighted by Gasteiger charge is 2.26. The van der Waals surface area contributed by atoms with Crippen molar-refractivity contribution in [3.05, 3.63) is 59.6 Å². The zero-order valence-electron chi connectivity index (χ0n) is 15.8. The van der Waals surface area contributed by atoms with E-state index in [0.717, 1.165) is 66.9 Å². The van der Waals surface area contributed by atoms with Crippen molar-refractivity contribution in [2.45, 2.75) is 25.2 Å². The maximum absolute atomic E-state index is 13.5.